The monoisotopic (exact) mass is 380 g/mol. The van der Waals surface area contributed by atoms with E-state index in [0.29, 0.717) is 11.2 Å². The molecule has 1 fully saturated rings. The Balaban J connectivity index is 1.84. The molecule has 3 heterocycles. The Labute approximate surface area is 155 Å². The summed E-state index contributed by atoms with van der Waals surface area (Å²) in [5.74, 6) is -1.76. The van der Waals surface area contributed by atoms with Crippen molar-refractivity contribution >= 4 is 28.9 Å². The first-order chi connectivity index (χ1) is 12.7. The fourth-order valence-electron chi connectivity index (χ4n) is 2.88. The van der Waals surface area contributed by atoms with E-state index in [9.17, 15) is 9.90 Å². The Morgan fingerprint density at radius 1 is 1.44 bits per heavy atom. The number of aliphatic hydroxyl groups excluding tert-OH is 1. The van der Waals surface area contributed by atoms with Crippen molar-refractivity contribution in [3.8, 4) is 0 Å². The van der Waals surface area contributed by atoms with Crippen LogP contribution in [0.5, 0.6) is 0 Å². The quantitative estimate of drug-likeness (QED) is 0.590. The molecule has 0 aliphatic carbocycles. The SMILES string of the molecule is CC(O)C[C@]1(COC(=O)C(C)C)OC[C@H](n2cnc3c(N)nc(N)nc32)O1. The number of rotatable bonds is 6. The second-order valence-corrected chi connectivity index (χ2v) is 6.90. The van der Waals surface area contributed by atoms with E-state index in [0.717, 1.165) is 0 Å². The first-order valence-electron chi connectivity index (χ1n) is 8.63. The van der Waals surface area contributed by atoms with Gasteiger partial charge in [0, 0.05) is 6.42 Å². The normalized spacial score (nSPS) is 23.8. The third kappa shape index (κ3) is 3.94. The Morgan fingerprint density at radius 2 is 2.19 bits per heavy atom. The van der Waals surface area contributed by atoms with E-state index in [1.807, 2.05) is 0 Å². The molecule has 11 heteroatoms. The molecule has 1 unspecified atom stereocenters. The van der Waals surface area contributed by atoms with Gasteiger partial charge >= 0.3 is 5.97 Å². The average Bonchev–Trinajstić information content (AvgIpc) is 3.16. The van der Waals surface area contributed by atoms with Gasteiger partial charge in [0.05, 0.1) is 25.0 Å². The van der Waals surface area contributed by atoms with Gasteiger partial charge in [-0.15, -0.1) is 0 Å². The molecule has 3 rings (SSSR count). The number of carbonyl (C=O) groups excluding carboxylic acids is 1. The number of hydrogen-bond donors (Lipinski definition) is 3. The van der Waals surface area contributed by atoms with Gasteiger partial charge in [0.2, 0.25) is 11.7 Å². The van der Waals surface area contributed by atoms with Gasteiger partial charge in [0.1, 0.15) is 12.1 Å². The number of nitrogens with two attached hydrogens (primary N) is 2. The molecule has 0 spiro atoms. The zero-order chi connectivity index (χ0) is 19.8. The number of hydrogen-bond acceptors (Lipinski definition) is 10. The van der Waals surface area contributed by atoms with Gasteiger partial charge in [-0.05, 0) is 6.92 Å². The number of ether oxygens (including phenoxy) is 3. The van der Waals surface area contributed by atoms with Crippen LogP contribution in [-0.2, 0) is 19.0 Å². The van der Waals surface area contributed by atoms with Crippen LogP contribution in [0.4, 0.5) is 11.8 Å². The number of nitrogens with zero attached hydrogens (tertiary/aromatic N) is 4. The number of carbonyl (C=O) groups is 1. The van der Waals surface area contributed by atoms with Crippen molar-refractivity contribution in [3.63, 3.8) is 0 Å². The number of nitrogen functional groups attached to an aromatic ring is 2. The number of aromatic nitrogens is 4. The Bertz CT molecular complexity index is 838. The minimum atomic E-state index is -1.27. The highest BCUT2D eigenvalue weighted by Gasteiger charge is 2.45. The molecule has 1 aliphatic rings. The Hall–Kier alpha value is -2.50. The van der Waals surface area contributed by atoms with E-state index < -0.39 is 18.1 Å². The predicted molar refractivity (Wildman–Crippen MR) is 95.0 cm³/mol. The molecular weight excluding hydrogens is 356 g/mol. The Kier molecular flexibility index (Phi) is 5.18. The molecule has 1 aliphatic heterocycles. The molecule has 0 amide bonds. The molecule has 3 atom stereocenters. The van der Waals surface area contributed by atoms with Gasteiger partial charge in [0.25, 0.3) is 0 Å². The molecule has 1 saturated heterocycles. The van der Waals surface area contributed by atoms with Crippen LogP contribution in [-0.4, -0.2) is 55.7 Å². The standard InChI is InChI=1S/C16H24N6O5/c1-8(2)14(24)25-6-16(4-9(3)23)26-5-10(27-16)22-7-19-11-12(17)20-15(18)21-13(11)22/h7-10,23H,4-6H2,1-3H3,(H4,17,18,20,21)/t9?,10-,16+/m1/s1. The fourth-order valence-corrected chi connectivity index (χ4v) is 2.88. The summed E-state index contributed by atoms with van der Waals surface area (Å²) in [4.78, 5) is 24.1. The largest absolute Gasteiger partial charge is 0.460 e. The summed E-state index contributed by atoms with van der Waals surface area (Å²) in [7, 11) is 0. The predicted octanol–water partition coefficient (Wildman–Crippen LogP) is 0.203. The molecular formula is C16H24N6O5. The maximum atomic E-state index is 11.8. The highest BCUT2D eigenvalue weighted by molar-refractivity contribution is 5.82. The number of esters is 1. The van der Waals surface area contributed by atoms with Gasteiger partial charge in [0.15, 0.2) is 17.7 Å². The van der Waals surface area contributed by atoms with Crippen molar-refractivity contribution in [2.45, 2.75) is 45.3 Å². The molecule has 11 nitrogen and oxygen atoms in total. The van der Waals surface area contributed by atoms with Crippen LogP contribution >= 0.6 is 0 Å². The first kappa shape index (κ1) is 19.3. The van der Waals surface area contributed by atoms with Crippen molar-refractivity contribution in [1.82, 2.24) is 19.5 Å². The van der Waals surface area contributed by atoms with Crippen LogP contribution in [0, 0.1) is 5.92 Å². The smallest absolute Gasteiger partial charge is 0.308 e. The van der Waals surface area contributed by atoms with Crippen molar-refractivity contribution in [2.24, 2.45) is 5.92 Å². The summed E-state index contributed by atoms with van der Waals surface area (Å²) >= 11 is 0. The van der Waals surface area contributed by atoms with Crippen molar-refractivity contribution < 1.29 is 24.1 Å². The lowest BCUT2D eigenvalue weighted by atomic mass is 10.1. The first-order valence-corrected chi connectivity index (χ1v) is 8.63. The van der Waals surface area contributed by atoms with Crippen LogP contribution in [0.25, 0.3) is 11.2 Å². The van der Waals surface area contributed by atoms with Gasteiger partial charge < -0.3 is 30.8 Å². The lowest BCUT2D eigenvalue weighted by molar-refractivity contribution is -0.223. The maximum absolute atomic E-state index is 11.8. The molecule has 0 radical (unpaired) electrons. The van der Waals surface area contributed by atoms with E-state index in [1.54, 1.807) is 25.3 Å². The highest BCUT2D eigenvalue weighted by Crippen LogP contribution is 2.35. The van der Waals surface area contributed by atoms with E-state index in [-0.39, 0.29) is 43.3 Å². The number of aliphatic hydroxyl groups is 1. The van der Waals surface area contributed by atoms with Crippen molar-refractivity contribution in [2.75, 3.05) is 24.7 Å². The van der Waals surface area contributed by atoms with Crippen LogP contribution in [0.1, 0.15) is 33.4 Å². The topological polar surface area (TPSA) is 161 Å². The van der Waals surface area contributed by atoms with Crippen molar-refractivity contribution in [1.29, 1.82) is 0 Å². The minimum Gasteiger partial charge on any atom is -0.460 e. The van der Waals surface area contributed by atoms with E-state index in [4.69, 9.17) is 25.7 Å². The van der Waals surface area contributed by atoms with Crippen molar-refractivity contribution in [3.05, 3.63) is 6.33 Å². The summed E-state index contributed by atoms with van der Waals surface area (Å²) in [6.07, 6.45) is 0.289. The zero-order valence-corrected chi connectivity index (χ0v) is 15.5. The lowest BCUT2D eigenvalue weighted by Crippen LogP contribution is -2.40. The van der Waals surface area contributed by atoms with Crippen LogP contribution in [0.15, 0.2) is 6.33 Å². The molecule has 0 saturated carbocycles. The van der Waals surface area contributed by atoms with Gasteiger partial charge in [-0.2, -0.15) is 9.97 Å². The molecule has 27 heavy (non-hydrogen) atoms. The average molecular weight is 380 g/mol. The molecule has 148 valence electrons. The summed E-state index contributed by atoms with van der Waals surface area (Å²) < 4.78 is 18.8. The number of imidazole rings is 1. The van der Waals surface area contributed by atoms with E-state index in [1.165, 1.54) is 6.33 Å². The maximum Gasteiger partial charge on any atom is 0.308 e. The lowest BCUT2D eigenvalue weighted by Gasteiger charge is -2.29. The second kappa shape index (κ2) is 7.25. The number of fused-ring (bicyclic) bond motifs is 1. The third-order valence-electron chi connectivity index (χ3n) is 4.13. The Morgan fingerprint density at radius 3 is 2.85 bits per heavy atom. The van der Waals surface area contributed by atoms with Gasteiger partial charge in [-0.25, -0.2) is 4.98 Å². The van der Waals surface area contributed by atoms with Crippen LogP contribution in [0.3, 0.4) is 0 Å². The minimum absolute atomic E-state index is 0.0155. The molecule has 2 aromatic heterocycles. The number of anilines is 2. The summed E-state index contributed by atoms with van der Waals surface area (Å²) in [5, 5.41) is 9.84. The zero-order valence-electron chi connectivity index (χ0n) is 15.5. The summed E-state index contributed by atoms with van der Waals surface area (Å²) in [6.45, 7) is 5.07. The summed E-state index contributed by atoms with van der Waals surface area (Å²) in [6, 6.07) is 0. The highest BCUT2D eigenvalue weighted by atomic mass is 16.8. The molecule has 0 bridgehead atoms. The fraction of sp³-hybridized carbons (Fsp3) is 0.625. The van der Waals surface area contributed by atoms with E-state index in [2.05, 4.69) is 15.0 Å². The summed E-state index contributed by atoms with van der Waals surface area (Å²) in [5.41, 5.74) is 12.3. The second-order valence-electron chi connectivity index (χ2n) is 6.90. The van der Waals surface area contributed by atoms with Gasteiger partial charge in [-0.1, -0.05) is 13.8 Å². The molecule has 5 N–H and O–H groups in total. The van der Waals surface area contributed by atoms with Crippen LogP contribution < -0.4 is 11.5 Å². The molecule has 2 aromatic rings. The van der Waals surface area contributed by atoms with Crippen LogP contribution in [0.2, 0.25) is 0 Å². The molecule has 0 aromatic carbocycles. The van der Waals surface area contributed by atoms with Gasteiger partial charge in [-0.3, -0.25) is 9.36 Å². The van der Waals surface area contributed by atoms with E-state index >= 15 is 0 Å². The third-order valence-corrected chi connectivity index (χ3v) is 4.13.